The summed E-state index contributed by atoms with van der Waals surface area (Å²) in [5, 5.41) is 0. The maximum absolute atomic E-state index is 13.4. The van der Waals surface area contributed by atoms with Crippen LogP contribution in [0.1, 0.15) is 18.5 Å². The summed E-state index contributed by atoms with van der Waals surface area (Å²) in [4.78, 5) is 47.8. The summed E-state index contributed by atoms with van der Waals surface area (Å²) in [7, 11) is 2.98. The quantitative estimate of drug-likeness (QED) is 0.429. The van der Waals surface area contributed by atoms with Crippen molar-refractivity contribution in [3.8, 4) is 0 Å². The predicted octanol–water partition coefficient (Wildman–Crippen LogP) is 1.98. The predicted molar refractivity (Wildman–Crippen MR) is 121 cm³/mol. The molecule has 9 nitrogen and oxygen atoms in total. The van der Waals surface area contributed by atoms with E-state index in [4.69, 9.17) is 0 Å². The van der Waals surface area contributed by atoms with Gasteiger partial charge in [-0.2, -0.15) is 0 Å². The van der Waals surface area contributed by atoms with Gasteiger partial charge < -0.3 is 9.47 Å². The number of anilines is 1. The largest absolute Gasteiger partial charge is 0.332 e. The van der Waals surface area contributed by atoms with Crippen LogP contribution in [-0.4, -0.2) is 29.6 Å². The molecule has 0 aliphatic heterocycles. The fourth-order valence-electron chi connectivity index (χ4n) is 3.70. The molecule has 0 N–H and O–H groups in total. The Kier molecular flexibility index (Phi) is 6.16. The Bertz CT molecular complexity index is 1410. The summed E-state index contributed by atoms with van der Waals surface area (Å²) in [6, 6.07) is 11.2. The van der Waals surface area contributed by atoms with Crippen LogP contribution in [-0.2, 0) is 32.0 Å². The number of imidazole rings is 1. The van der Waals surface area contributed by atoms with Gasteiger partial charge in [-0.05, 0) is 42.8 Å². The van der Waals surface area contributed by atoms with E-state index in [0.29, 0.717) is 35.5 Å². The summed E-state index contributed by atoms with van der Waals surface area (Å²) >= 11 is 0. The van der Waals surface area contributed by atoms with Gasteiger partial charge in [0.15, 0.2) is 11.2 Å². The van der Waals surface area contributed by atoms with E-state index in [9.17, 15) is 18.8 Å². The van der Waals surface area contributed by atoms with E-state index in [1.165, 1.54) is 30.1 Å². The number of nitrogens with zero attached hydrogens (tertiary/aromatic N) is 6. The van der Waals surface area contributed by atoms with Crippen molar-refractivity contribution in [2.24, 2.45) is 14.1 Å². The molecule has 1 aromatic carbocycles. The minimum Gasteiger partial charge on any atom is -0.325 e. The third kappa shape index (κ3) is 4.45. The highest BCUT2D eigenvalue weighted by Crippen LogP contribution is 2.19. The standard InChI is InChI=1S/C23H23FN6O3/c1-27-21-20(22(32)28(2)23(27)33)29(15-26-21)13-5-7-19(31)30(14-17-6-3-4-12-25-17)18-10-8-16(24)9-11-18/h3-4,6,8-12,15H,5,7,13-14H2,1-2H3. The first-order valence-corrected chi connectivity index (χ1v) is 10.4. The number of carbonyl (C=O) groups excluding carboxylic acids is 1. The number of aromatic nitrogens is 5. The maximum Gasteiger partial charge on any atom is 0.332 e. The Hall–Kier alpha value is -4.08. The molecule has 0 saturated carbocycles. The monoisotopic (exact) mass is 450 g/mol. The number of hydrogen-bond donors (Lipinski definition) is 0. The Morgan fingerprint density at radius 2 is 1.79 bits per heavy atom. The van der Waals surface area contributed by atoms with Crippen LogP contribution in [0.15, 0.2) is 64.6 Å². The van der Waals surface area contributed by atoms with Crippen molar-refractivity contribution >= 4 is 22.8 Å². The van der Waals surface area contributed by atoms with Crippen molar-refractivity contribution < 1.29 is 9.18 Å². The molecule has 0 spiro atoms. The van der Waals surface area contributed by atoms with Gasteiger partial charge in [-0.25, -0.2) is 14.2 Å². The summed E-state index contributed by atoms with van der Waals surface area (Å²) in [6.45, 7) is 0.624. The van der Waals surface area contributed by atoms with Crippen molar-refractivity contribution in [1.29, 1.82) is 0 Å². The minimum absolute atomic E-state index is 0.156. The Labute approximate surface area is 188 Å². The SMILES string of the molecule is Cn1c(=O)c2c(ncn2CCCC(=O)N(Cc2ccccn2)c2ccc(F)cc2)n(C)c1=O. The molecule has 0 bridgehead atoms. The third-order valence-electron chi connectivity index (χ3n) is 5.49. The highest BCUT2D eigenvalue weighted by atomic mass is 19.1. The average Bonchev–Trinajstić information content (AvgIpc) is 3.25. The van der Waals surface area contributed by atoms with E-state index in [1.54, 1.807) is 40.9 Å². The molecule has 0 unspecified atom stereocenters. The second-order valence-electron chi connectivity index (χ2n) is 7.70. The lowest BCUT2D eigenvalue weighted by molar-refractivity contribution is -0.118. The molecule has 0 aliphatic rings. The van der Waals surface area contributed by atoms with Gasteiger partial charge in [0.2, 0.25) is 5.91 Å². The van der Waals surface area contributed by atoms with Gasteiger partial charge in [-0.1, -0.05) is 6.07 Å². The molecular weight excluding hydrogens is 427 g/mol. The lowest BCUT2D eigenvalue weighted by Crippen LogP contribution is -2.37. The van der Waals surface area contributed by atoms with Gasteiger partial charge in [0.25, 0.3) is 5.56 Å². The number of fused-ring (bicyclic) bond motifs is 1. The average molecular weight is 450 g/mol. The van der Waals surface area contributed by atoms with E-state index in [2.05, 4.69) is 9.97 Å². The lowest BCUT2D eigenvalue weighted by Gasteiger charge is -2.23. The number of benzene rings is 1. The molecule has 0 radical (unpaired) electrons. The summed E-state index contributed by atoms with van der Waals surface area (Å²) in [6.07, 6.45) is 3.79. The first-order chi connectivity index (χ1) is 15.9. The molecule has 170 valence electrons. The number of carbonyl (C=O) groups is 1. The van der Waals surface area contributed by atoms with Crippen molar-refractivity contribution in [3.63, 3.8) is 0 Å². The number of halogens is 1. The molecule has 0 saturated heterocycles. The van der Waals surface area contributed by atoms with E-state index in [1.807, 2.05) is 12.1 Å². The van der Waals surface area contributed by atoms with Crippen molar-refractivity contribution in [3.05, 3.63) is 87.3 Å². The zero-order valence-corrected chi connectivity index (χ0v) is 18.3. The van der Waals surface area contributed by atoms with Crippen LogP contribution in [0.2, 0.25) is 0 Å². The number of pyridine rings is 1. The maximum atomic E-state index is 13.4. The van der Waals surface area contributed by atoms with Crippen LogP contribution in [0.5, 0.6) is 0 Å². The summed E-state index contributed by atoms with van der Waals surface area (Å²) < 4.78 is 17.4. The molecule has 0 fully saturated rings. The van der Waals surface area contributed by atoms with E-state index >= 15 is 0 Å². The molecule has 3 heterocycles. The molecule has 0 atom stereocenters. The first kappa shape index (κ1) is 22.1. The first-order valence-electron chi connectivity index (χ1n) is 10.4. The van der Waals surface area contributed by atoms with Crippen LogP contribution in [0.4, 0.5) is 10.1 Å². The molecule has 4 rings (SSSR count). The molecule has 0 aliphatic carbocycles. The topological polar surface area (TPSA) is 95.0 Å². The number of hydrogen-bond acceptors (Lipinski definition) is 5. The smallest absolute Gasteiger partial charge is 0.325 e. The van der Waals surface area contributed by atoms with E-state index in [-0.39, 0.29) is 24.7 Å². The molecule has 3 aromatic heterocycles. The molecule has 1 amide bonds. The second kappa shape index (κ2) is 9.19. The highest BCUT2D eigenvalue weighted by Gasteiger charge is 2.18. The van der Waals surface area contributed by atoms with Crippen molar-refractivity contribution in [2.75, 3.05) is 4.90 Å². The number of aryl methyl sites for hydroxylation is 2. The Balaban J connectivity index is 1.53. The van der Waals surface area contributed by atoms with E-state index in [0.717, 1.165) is 4.57 Å². The lowest BCUT2D eigenvalue weighted by atomic mass is 10.2. The van der Waals surface area contributed by atoms with Gasteiger partial charge in [0.1, 0.15) is 5.82 Å². The van der Waals surface area contributed by atoms with Crippen molar-refractivity contribution in [2.45, 2.75) is 25.9 Å². The fraction of sp³-hybridized carbons (Fsp3) is 0.261. The van der Waals surface area contributed by atoms with Crippen LogP contribution in [0.3, 0.4) is 0 Å². The van der Waals surface area contributed by atoms with Crippen LogP contribution in [0, 0.1) is 5.82 Å². The molecule has 10 heteroatoms. The zero-order valence-electron chi connectivity index (χ0n) is 18.3. The molecule has 33 heavy (non-hydrogen) atoms. The van der Waals surface area contributed by atoms with Gasteiger partial charge in [-0.15, -0.1) is 0 Å². The second-order valence-corrected chi connectivity index (χ2v) is 7.70. The Morgan fingerprint density at radius 1 is 1.03 bits per heavy atom. The van der Waals surface area contributed by atoms with Crippen molar-refractivity contribution in [1.82, 2.24) is 23.7 Å². The normalized spacial score (nSPS) is 11.1. The summed E-state index contributed by atoms with van der Waals surface area (Å²) in [5.41, 5.74) is 1.02. The molecule has 4 aromatic rings. The van der Waals surface area contributed by atoms with Gasteiger partial charge in [-0.3, -0.25) is 23.7 Å². The third-order valence-corrected chi connectivity index (χ3v) is 5.49. The minimum atomic E-state index is -0.447. The van der Waals surface area contributed by atoms with Gasteiger partial charge in [0, 0.05) is 38.9 Å². The van der Waals surface area contributed by atoms with Gasteiger partial charge >= 0.3 is 5.69 Å². The highest BCUT2D eigenvalue weighted by molar-refractivity contribution is 5.93. The number of rotatable bonds is 7. The van der Waals surface area contributed by atoms with Gasteiger partial charge in [0.05, 0.1) is 18.6 Å². The van der Waals surface area contributed by atoms with E-state index < -0.39 is 11.2 Å². The number of amides is 1. The Morgan fingerprint density at radius 3 is 2.48 bits per heavy atom. The van der Waals surface area contributed by atoms with Crippen LogP contribution >= 0.6 is 0 Å². The molecular formula is C23H23FN6O3. The summed E-state index contributed by atoms with van der Waals surface area (Å²) in [5.74, 6) is -0.538. The fourth-order valence-corrected chi connectivity index (χ4v) is 3.70. The van der Waals surface area contributed by atoms with Crippen LogP contribution < -0.4 is 16.1 Å². The van der Waals surface area contributed by atoms with Crippen LogP contribution in [0.25, 0.3) is 11.2 Å². The zero-order chi connectivity index (χ0) is 23.5.